The van der Waals surface area contributed by atoms with E-state index in [4.69, 9.17) is 4.74 Å². The number of amides is 1. The molecule has 2 aliphatic heterocycles. The maximum Gasteiger partial charge on any atom is 0.410 e. The van der Waals surface area contributed by atoms with Crippen molar-refractivity contribution in [1.82, 2.24) is 10.2 Å². The third-order valence-electron chi connectivity index (χ3n) is 3.61. The Morgan fingerprint density at radius 2 is 2.20 bits per heavy atom. The van der Waals surface area contributed by atoms with Crippen LogP contribution >= 0.6 is 0 Å². The van der Waals surface area contributed by atoms with Gasteiger partial charge in [0.2, 0.25) is 0 Å². The van der Waals surface area contributed by atoms with E-state index < -0.39 is 5.60 Å². The smallest absolute Gasteiger partial charge is 0.410 e. The van der Waals surface area contributed by atoms with Crippen molar-refractivity contribution < 1.29 is 9.53 Å². The van der Waals surface area contributed by atoms with Crippen LogP contribution in [0.2, 0.25) is 0 Å². The second-order valence-corrected chi connectivity index (χ2v) is 6.75. The number of ether oxygens (including phenoxy) is 1. The number of piperidine rings is 1. The molecule has 2 heterocycles. The van der Waals surface area contributed by atoms with Crippen molar-refractivity contribution in [3.63, 3.8) is 0 Å². The van der Waals surface area contributed by atoms with Crippen LogP contribution in [0.3, 0.4) is 0 Å². The van der Waals surface area contributed by atoms with Crippen LogP contribution in [0, 0.1) is 11.8 Å². The number of hydrogen-bond acceptors (Lipinski definition) is 3. The number of nitrogens with one attached hydrogen (secondary N) is 1. The monoisotopic (exact) mass is 278 g/mol. The van der Waals surface area contributed by atoms with Gasteiger partial charge in [-0.1, -0.05) is 19.1 Å². The summed E-state index contributed by atoms with van der Waals surface area (Å²) in [6, 6.07) is 0. The van der Waals surface area contributed by atoms with Gasteiger partial charge in [0.15, 0.2) is 0 Å². The van der Waals surface area contributed by atoms with E-state index in [0.29, 0.717) is 11.8 Å². The third-order valence-corrected chi connectivity index (χ3v) is 3.61. The summed E-state index contributed by atoms with van der Waals surface area (Å²) in [4.78, 5) is 14.0. The standard InChI is InChI=1S/C16H26N2O2/c1-12-7-8-17-14(10-12)13-6-5-9-18(11-13)15(19)20-16(2,3)4/h7-8,10,12-13,17H,5-6,9,11H2,1-4H3. The molecule has 0 aromatic carbocycles. The molecule has 112 valence electrons. The lowest BCUT2D eigenvalue weighted by Crippen LogP contribution is -2.44. The molecular weight excluding hydrogens is 252 g/mol. The second-order valence-electron chi connectivity index (χ2n) is 6.75. The zero-order valence-electron chi connectivity index (χ0n) is 13.0. The van der Waals surface area contributed by atoms with Crippen molar-refractivity contribution in [1.29, 1.82) is 0 Å². The first-order valence-electron chi connectivity index (χ1n) is 7.48. The summed E-state index contributed by atoms with van der Waals surface area (Å²) in [7, 11) is 0. The fourth-order valence-electron chi connectivity index (χ4n) is 2.66. The summed E-state index contributed by atoms with van der Waals surface area (Å²) in [6.07, 6.45) is 8.36. The van der Waals surface area contributed by atoms with E-state index in [0.717, 1.165) is 25.9 Å². The van der Waals surface area contributed by atoms with Crippen LogP contribution in [0.1, 0.15) is 40.5 Å². The highest BCUT2D eigenvalue weighted by atomic mass is 16.6. The minimum atomic E-state index is -0.427. The number of dihydropyridines is 1. The number of likely N-dealkylation sites (tertiary alicyclic amines) is 1. The molecule has 0 aromatic heterocycles. The molecule has 0 spiro atoms. The van der Waals surface area contributed by atoms with Gasteiger partial charge in [-0.15, -0.1) is 0 Å². The third kappa shape index (κ3) is 4.02. The minimum absolute atomic E-state index is 0.192. The molecule has 2 atom stereocenters. The van der Waals surface area contributed by atoms with Crippen molar-refractivity contribution >= 4 is 6.09 Å². The van der Waals surface area contributed by atoms with Crippen LogP contribution in [-0.2, 0) is 4.74 Å². The summed E-state index contributed by atoms with van der Waals surface area (Å²) < 4.78 is 5.47. The molecule has 2 aliphatic rings. The molecule has 0 radical (unpaired) electrons. The zero-order valence-corrected chi connectivity index (χ0v) is 13.0. The molecule has 1 saturated heterocycles. The molecule has 1 fully saturated rings. The molecule has 2 rings (SSSR count). The summed E-state index contributed by atoms with van der Waals surface area (Å²) in [5.41, 5.74) is 0.817. The Kier molecular flexibility index (Phi) is 4.41. The van der Waals surface area contributed by atoms with E-state index in [1.165, 1.54) is 5.70 Å². The average molecular weight is 278 g/mol. The lowest BCUT2D eigenvalue weighted by atomic mass is 9.91. The van der Waals surface area contributed by atoms with Crippen molar-refractivity contribution in [2.24, 2.45) is 11.8 Å². The Labute approximate surface area is 121 Å². The van der Waals surface area contributed by atoms with Crippen molar-refractivity contribution in [3.8, 4) is 0 Å². The van der Waals surface area contributed by atoms with Crippen molar-refractivity contribution in [3.05, 3.63) is 24.0 Å². The minimum Gasteiger partial charge on any atom is -0.444 e. The number of allylic oxidation sites excluding steroid dienone is 2. The molecule has 0 aliphatic carbocycles. The highest BCUT2D eigenvalue weighted by Gasteiger charge is 2.29. The molecular formula is C16H26N2O2. The van der Waals surface area contributed by atoms with E-state index in [2.05, 4.69) is 24.4 Å². The average Bonchev–Trinajstić information content (AvgIpc) is 2.37. The van der Waals surface area contributed by atoms with Gasteiger partial charge in [-0.2, -0.15) is 0 Å². The molecule has 4 heteroatoms. The molecule has 0 bridgehead atoms. The lowest BCUT2D eigenvalue weighted by molar-refractivity contribution is 0.0180. The van der Waals surface area contributed by atoms with Crippen molar-refractivity contribution in [2.75, 3.05) is 13.1 Å². The molecule has 4 nitrogen and oxygen atoms in total. The van der Waals surface area contributed by atoms with Gasteiger partial charge in [0.05, 0.1) is 0 Å². The largest absolute Gasteiger partial charge is 0.444 e. The first-order chi connectivity index (χ1) is 9.35. The summed E-state index contributed by atoms with van der Waals surface area (Å²) >= 11 is 0. The van der Waals surface area contributed by atoms with Gasteiger partial charge < -0.3 is 15.0 Å². The Hall–Kier alpha value is -1.45. The Morgan fingerprint density at radius 1 is 1.45 bits per heavy atom. The van der Waals surface area contributed by atoms with Gasteiger partial charge in [-0.05, 0) is 45.7 Å². The normalized spacial score (nSPS) is 26.8. The molecule has 1 amide bonds. The van der Waals surface area contributed by atoms with Gasteiger partial charge in [0.25, 0.3) is 0 Å². The number of carbonyl (C=O) groups excluding carboxylic acids is 1. The van der Waals surface area contributed by atoms with E-state index in [9.17, 15) is 4.79 Å². The van der Waals surface area contributed by atoms with Crippen LogP contribution in [-0.4, -0.2) is 29.7 Å². The predicted octanol–water partition coefficient (Wildman–Crippen LogP) is 3.27. The lowest BCUT2D eigenvalue weighted by Gasteiger charge is -2.35. The van der Waals surface area contributed by atoms with Crippen molar-refractivity contribution in [2.45, 2.75) is 46.1 Å². The molecule has 0 saturated carbocycles. The van der Waals surface area contributed by atoms with Crippen LogP contribution in [0.5, 0.6) is 0 Å². The number of hydrogen-bond donors (Lipinski definition) is 1. The quantitative estimate of drug-likeness (QED) is 0.800. The zero-order chi connectivity index (χ0) is 14.8. The van der Waals surface area contributed by atoms with Crippen LogP contribution in [0.15, 0.2) is 24.0 Å². The first kappa shape index (κ1) is 14.9. The van der Waals surface area contributed by atoms with Gasteiger partial charge in [-0.25, -0.2) is 4.79 Å². The number of rotatable bonds is 1. The van der Waals surface area contributed by atoms with E-state index >= 15 is 0 Å². The molecule has 1 N–H and O–H groups in total. The van der Waals surface area contributed by atoms with E-state index in [1.54, 1.807) is 0 Å². The van der Waals surface area contributed by atoms with E-state index in [1.807, 2.05) is 31.9 Å². The fourth-order valence-corrected chi connectivity index (χ4v) is 2.66. The fraction of sp³-hybridized carbons (Fsp3) is 0.688. The Bertz CT molecular complexity index is 421. The second kappa shape index (κ2) is 5.90. The molecule has 2 unspecified atom stereocenters. The van der Waals surface area contributed by atoms with E-state index in [-0.39, 0.29) is 6.09 Å². The van der Waals surface area contributed by atoms with Crippen LogP contribution in [0.4, 0.5) is 4.79 Å². The highest BCUT2D eigenvalue weighted by Crippen LogP contribution is 2.26. The molecule has 20 heavy (non-hydrogen) atoms. The molecule has 0 aromatic rings. The maximum atomic E-state index is 12.2. The summed E-state index contributed by atoms with van der Waals surface area (Å²) in [5, 5.41) is 3.33. The topological polar surface area (TPSA) is 41.6 Å². The maximum absolute atomic E-state index is 12.2. The Morgan fingerprint density at radius 3 is 2.85 bits per heavy atom. The van der Waals surface area contributed by atoms with Crippen LogP contribution in [0.25, 0.3) is 0 Å². The summed E-state index contributed by atoms with van der Waals surface area (Å²) in [5.74, 6) is 0.854. The van der Waals surface area contributed by atoms with Gasteiger partial charge >= 0.3 is 6.09 Å². The SMILES string of the molecule is CC1C=CNC(C2CCCN(C(=O)OC(C)(C)C)C2)=C1. The predicted molar refractivity (Wildman–Crippen MR) is 80.1 cm³/mol. The van der Waals surface area contributed by atoms with Gasteiger partial charge in [0.1, 0.15) is 5.60 Å². The highest BCUT2D eigenvalue weighted by molar-refractivity contribution is 5.68. The number of carbonyl (C=O) groups is 1. The first-order valence-corrected chi connectivity index (χ1v) is 7.48. The van der Waals surface area contributed by atoms with Crippen LogP contribution < -0.4 is 5.32 Å². The van der Waals surface area contributed by atoms with Gasteiger partial charge in [0, 0.05) is 24.7 Å². The Balaban J connectivity index is 1.97. The summed E-state index contributed by atoms with van der Waals surface area (Å²) in [6.45, 7) is 9.43. The number of nitrogens with zero attached hydrogens (tertiary/aromatic N) is 1. The van der Waals surface area contributed by atoms with Gasteiger partial charge in [-0.3, -0.25) is 0 Å².